The van der Waals surface area contributed by atoms with Crippen LogP contribution >= 0.6 is 11.8 Å². The number of benzene rings is 1. The fourth-order valence-electron chi connectivity index (χ4n) is 1.73. The highest BCUT2D eigenvalue weighted by Gasteiger charge is 2.27. The lowest BCUT2D eigenvalue weighted by Crippen LogP contribution is -2.17. The van der Waals surface area contributed by atoms with Gasteiger partial charge in [-0.25, -0.2) is 4.99 Å². The Hall–Kier alpha value is -0.960. The Bertz CT molecular complexity index is 412. The summed E-state index contributed by atoms with van der Waals surface area (Å²) in [7, 11) is 0. The molecule has 0 unspecified atom stereocenters. The molecule has 0 amide bonds. The van der Waals surface area contributed by atoms with Gasteiger partial charge in [-0.15, -0.1) is 0 Å². The normalized spacial score (nSPS) is 18.1. The Labute approximate surface area is 101 Å². The zero-order valence-electron chi connectivity index (χ0n) is 9.99. The van der Waals surface area contributed by atoms with Crippen LogP contribution in [0.1, 0.15) is 25.0 Å². The molecule has 1 heterocycles. The maximum Gasteiger partial charge on any atom is 0.217 e. The SMILES string of the molecule is CSCc1ccccc1C1=NC(C)(C)CO1. The summed E-state index contributed by atoms with van der Waals surface area (Å²) in [6.45, 7) is 4.87. The minimum Gasteiger partial charge on any atom is -0.475 e. The molecule has 0 fully saturated rings. The molecule has 0 bridgehead atoms. The first kappa shape index (κ1) is 11.5. The molecule has 1 aliphatic rings. The average Bonchev–Trinajstić information content (AvgIpc) is 2.60. The van der Waals surface area contributed by atoms with E-state index in [4.69, 9.17) is 4.74 Å². The van der Waals surface area contributed by atoms with Gasteiger partial charge in [-0.2, -0.15) is 11.8 Å². The van der Waals surface area contributed by atoms with Crippen LogP contribution in [0.15, 0.2) is 29.3 Å². The van der Waals surface area contributed by atoms with E-state index in [1.165, 1.54) is 5.56 Å². The van der Waals surface area contributed by atoms with Crippen LogP contribution in [-0.2, 0) is 10.5 Å². The van der Waals surface area contributed by atoms with E-state index in [1.54, 1.807) is 0 Å². The van der Waals surface area contributed by atoms with Crippen LogP contribution < -0.4 is 0 Å². The second-order valence-electron chi connectivity index (χ2n) is 4.61. The Balaban J connectivity index is 2.34. The first-order chi connectivity index (χ1) is 7.62. The van der Waals surface area contributed by atoms with Crippen LogP contribution in [0.4, 0.5) is 0 Å². The fourth-order valence-corrected chi connectivity index (χ4v) is 2.30. The largest absolute Gasteiger partial charge is 0.475 e. The second kappa shape index (κ2) is 4.50. The predicted molar refractivity (Wildman–Crippen MR) is 70.2 cm³/mol. The van der Waals surface area contributed by atoms with Crippen LogP contribution in [0.2, 0.25) is 0 Å². The number of ether oxygens (including phenoxy) is 1. The van der Waals surface area contributed by atoms with Crippen molar-refractivity contribution >= 4 is 17.7 Å². The molecule has 2 rings (SSSR count). The maximum atomic E-state index is 5.68. The molecule has 0 saturated heterocycles. The van der Waals surface area contributed by atoms with E-state index in [9.17, 15) is 0 Å². The summed E-state index contributed by atoms with van der Waals surface area (Å²) in [6, 6.07) is 8.33. The van der Waals surface area contributed by atoms with Gasteiger partial charge in [-0.3, -0.25) is 0 Å². The smallest absolute Gasteiger partial charge is 0.217 e. The standard InChI is InChI=1S/C13H17NOS/c1-13(2)9-15-12(14-13)11-7-5-4-6-10(11)8-16-3/h4-7H,8-9H2,1-3H3. The van der Waals surface area contributed by atoms with Crippen molar-refractivity contribution in [3.05, 3.63) is 35.4 Å². The van der Waals surface area contributed by atoms with E-state index >= 15 is 0 Å². The first-order valence-electron chi connectivity index (χ1n) is 5.42. The van der Waals surface area contributed by atoms with E-state index < -0.39 is 0 Å². The first-order valence-corrected chi connectivity index (χ1v) is 6.82. The summed E-state index contributed by atoms with van der Waals surface area (Å²) in [4.78, 5) is 4.62. The molecule has 1 aliphatic heterocycles. The fraction of sp³-hybridized carbons (Fsp3) is 0.462. The van der Waals surface area contributed by atoms with Crippen molar-refractivity contribution in [1.29, 1.82) is 0 Å². The molecule has 0 spiro atoms. The lowest BCUT2D eigenvalue weighted by molar-refractivity contribution is 0.279. The zero-order valence-corrected chi connectivity index (χ0v) is 10.8. The molecule has 16 heavy (non-hydrogen) atoms. The number of hydrogen-bond donors (Lipinski definition) is 0. The van der Waals surface area contributed by atoms with Crippen molar-refractivity contribution in [2.75, 3.05) is 12.9 Å². The third kappa shape index (κ3) is 2.40. The lowest BCUT2D eigenvalue weighted by Gasteiger charge is -2.07. The molecule has 0 aliphatic carbocycles. The Morgan fingerprint density at radius 3 is 2.75 bits per heavy atom. The highest BCUT2D eigenvalue weighted by molar-refractivity contribution is 7.97. The monoisotopic (exact) mass is 235 g/mol. The second-order valence-corrected chi connectivity index (χ2v) is 5.47. The summed E-state index contributed by atoms with van der Waals surface area (Å²) in [5.41, 5.74) is 2.36. The summed E-state index contributed by atoms with van der Waals surface area (Å²) in [6.07, 6.45) is 2.11. The maximum absolute atomic E-state index is 5.68. The topological polar surface area (TPSA) is 21.6 Å². The molecule has 0 saturated carbocycles. The van der Waals surface area contributed by atoms with E-state index in [1.807, 2.05) is 17.8 Å². The highest BCUT2D eigenvalue weighted by Crippen LogP contribution is 2.23. The molecule has 2 nitrogen and oxygen atoms in total. The van der Waals surface area contributed by atoms with Crippen LogP contribution in [0, 0.1) is 0 Å². The van der Waals surface area contributed by atoms with Gasteiger partial charge in [0.1, 0.15) is 6.61 Å². The molecule has 0 aromatic heterocycles. The summed E-state index contributed by atoms with van der Waals surface area (Å²) < 4.78 is 5.68. The van der Waals surface area contributed by atoms with Crippen LogP contribution in [-0.4, -0.2) is 24.3 Å². The van der Waals surface area contributed by atoms with Gasteiger partial charge in [0.2, 0.25) is 5.90 Å². The number of rotatable bonds is 3. The third-order valence-corrected chi connectivity index (χ3v) is 3.11. The van der Waals surface area contributed by atoms with Crippen LogP contribution in [0.25, 0.3) is 0 Å². The molecule has 0 radical (unpaired) electrons. The predicted octanol–water partition coefficient (Wildman–Crippen LogP) is 3.11. The Kier molecular flexibility index (Phi) is 3.24. The zero-order chi connectivity index (χ0) is 11.6. The highest BCUT2D eigenvalue weighted by atomic mass is 32.2. The van der Waals surface area contributed by atoms with Gasteiger partial charge >= 0.3 is 0 Å². The molecule has 1 aromatic rings. The summed E-state index contributed by atoms with van der Waals surface area (Å²) in [5.74, 6) is 1.80. The van der Waals surface area contributed by atoms with Crippen molar-refractivity contribution in [3.8, 4) is 0 Å². The Morgan fingerprint density at radius 2 is 2.12 bits per heavy atom. The molecule has 1 aromatic carbocycles. The molecule has 0 atom stereocenters. The van der Waals surface area contributed by atoms with Gasteiger partial charge in [-0.1, -0.05) is 18.2 Å². The van der Waals surface area contributed by atoms with Crippen LogP contribution in [0.5, 0.6) is 0 Å². The minimum absolute atomic E-state index is 0.0815. The van der Waals surface area contributed by atoms with E-state index in [-0.39, 0.29) is 5.54 Å². The molecular weight excluding hydrogens is 218 g/mol. The van der Waals surface area contributed by atoms with Crippen molar-refractivity contribution < 1.29 is 4.74 Å². The molecule has 3 heteroatoms. The van der Waals surface area contributed by atoms with Crippen molar-refractivity contribution in [1.82, 2.24) is 0 Å². The molecular formula is C13H17NOS. The number of thioether (sulfide) groups is 1. The van der Waals surface area contributed by atoms with Crippen LogP contribution in [0.3, 0.4) is 0 Å². The van der Waals surface area contributed by atoms with Gasteiger partial charge in [0.05, 0.1) is 5.54 Å². The minimum atomic E-state index is -0.0815. The quantitative estimate of drug-likeness (QED) is 0.803. The number of aliphatic imine (C=N–C) groups is 1. The van der Waals surface area contributed by atoms with Gasteiger partial charge in [0, 0.05) is 11.3 Å². The van der Waals surface area contributed by atoms with E-state index in [0.29, 0.717) is 6.61 Å². The van der Waals surface area contributed by atoms with Gasteiger partial charge in [-0.05, 0) is 31.7 Å². The van der Waals surface area contributed by atoms with Crippen molar-refractivity contribution in [2.24, 2.45) is 4.99 Å². The van der Waals surface area contributed by atoms with Gasteiger partial charge < -0.3 is 4.74 Å². The van der Waals surface area contributed by atoms with Crippen molar-refractivity contribution in [2.45, 2.75) is 25.1 Å². The van der Waals surface area contributed by atoms with Gasteiger partial charge in [0.15, 0.2) is 0 Å². The van der Waals surface area contributed by atoms with E-state index in [2.05, 4.69) is 43.3 Å². The Morgan fingerprint density at radius 1 is 1.38 bits per heavy atom. The number of hydrogen-bond acceptors (Lipinski definition) is 3. The van der Waals surface area contributed by atoms with E-state index in [0.717, 1.165) is 17.2 Å². The summed E-state index contributed by atoms with van der Waals surface area (Å²) in [5, 5.41) is 0. The third-order valence-electron chi connectivity index (χ3n) is 2.51. The van der Waals surface area contributed by atoms with Gasteiger partial charge in [0.25, 0.3) is 0 Å². The summed E-state index contributed by atoms with van der Waals surface area (Å²) >= 11 is 1.82. The number of nitrogens with zero attached hydrogens (tertiary/aromatic N) is 1. The molecule has 0 N–H and O–H groups in total. The van der Waals surface area contributed by atoms with Crippen molar-refractivity contribution in [3.63, 3.8) is 0 Å². The average molecular weight is 235 g/mol. The lowest BCUT2D eigenvalue weighted by atomic mass is 10.1. The molecule has 86 valence electrons.